The van der Waals surface area contributed by atoms with Crippen LogP contribution in [0.1, 0.15) is 19.8 Å². The summed E-state index contributed by atoms with van der Waals surface area (Å²) < 4.78 is 0. The van der Waals surface area contributed by atoms with Crippen LogP contribution in [0.3, 0.4) is 0 Å². The monoisotopic (exact) mass is 325 g/mol. The zero-order chi connectivity index (χ0) is 16.9. The number of carbonyl (C=O) groups excluding carboxylic acids is 2. The van der Waals surface area contributed by atoms with Crippen molar-refractivity contribution in [2.75, 3.05) is 16.0 Å². The Morgan fingerprint density at radius 1 is 1.04 bits per heavy atom. The SMILES string of the molecule is CC(=O)Nc1cccc(Nc2ccc(NC(=O)NC3CC3)cn2)c1. The first-order valence-corrected chi connectivity index (χ1v) is 7.77. The van der Waals surface area contributed by atoms with E-state index in [9.17, 15) is 9.59 Å². The van der Waals surface area contributed by atoms with E-state index in [1.54, 1.807) is 18.3 Å². The predicted octanol–water partition coefficient (Wildman–Crippen LogP) is 3.07. The van der Waals surface area contributed by atoms with E-state index >= 15 is 0 Å². The fourth-order valence-electron chi connectivity index (χ4n) is 2.15. The van der Waals surface area contributed by atoms with Crippen molar-refractivity contribution in [2.45, 2.75) is 25.8 Å². The highest BCUT2D eigenvalue weighted by Gasteiger charge is 2.23. The van der Waals surface area contributed by atoms with Gasteiger partial charge < -0.3 is 21.3 Å². The molecule has 2 aromatic rings. The Morgan fingerprint density at radius 3 is 2.50 bits per heavy atom. The van der Waals surface area contributed by atoms with Crippen molar-refractivity contribution in [3.63, 3.8) is 0 Å². The quantitative estimate of drug-likeness (QED) is 0.679. The minimum absolute atomic E-state index is 0.120. The summed E-state index contributed by atoms with van der Waals surface area (Å²) in [6.45, 7) is 1.47. The Balaban J connectivity index is 1.59. The summed E-state index contributed by atoms with van der Waals surface area (Å²) in [7, 11) is 0. The zero-order valence-corrected chi connectivity index (χ0v) is 13.3. The van der Waals surface area contributed by atoms with Crippen molar-refractivity contribution >= 4 is 34.8 Å². The number of benzene rings is 1. The van der Waals surface area contributed by atoms with Gasteiger partial charge in [-0.15, -0.1) is 0 Å². The number of hydrogen-bond acceptors (Lipinski definition) is 4. The largest absolute Gasteiger partial charge is 0.340 e. The van der Waals surface area contributed by atoms with Crippen LogP contribution >= 0.6 is 0 Å². The zero-order valence-electron chi connectivity index (χ0n) is 13.3. The van der Waals surface area contributed by atoms with Gasteiger partial charge in [0.25, 0.3) is 0 Å². The maximum Gasteiger partial charge on any atom is 0.319 e. The van der Waals surface area contributed by atoms with Gasteiger partial charge in [-0.2, -0.15) is 0 Å². The van der Waals surface area contributed by atoms with Crippen molar-refractivity contribution < 1.29 is 9.59 Å². The van der Waals surface area contributed by atoms with Crippen LogP contribution in [0.4, 0.5) is 27.7 Å². The highest BCUT2D eigenvalue weighted by atomic mass is 16.2. The van der Waals surface area contributed by atoms with Crippen LogP contribution in [-0.2, 0) is 4.79 Å². The smallest absolute Gasteiger partial charge is 0.319 e. The first kappa shape index (κ1) is 15.8. The van der Waals surface area contributed by atoms with Gasteiger partial charge in [0.2, 0.25) is 5.91 Å². The lowest BCUT2D eigenvalue weighted by molar-refractivity contribution is -0.114. The fourth-order valence-corrected chi connectivity index (χ4v) is 2.15. The molecule has 0 atom stereocenters. The van der Waals surface area contributed by atoms with Crippen LogP contribution in [-0.4, -0.2) is 23.0 Å². The van der Waals surface area contributed by atoms with E-state index in [2.05, 4.69) is 26.3 Å². The van der Waals surface area contributed by atoms with Gasteiger partial charge in [0.15, 0.2) is 0 Å². The van der Waals surface area contributed by atoms with Gasteiger partial charge in [0.05, 0.1) is 11.9 Å². The van der Waals surface area contributed by atoms with Gasteiger partial charge in [-0.05, 0) is 43.2 Å². The third-order valence-electron chi connectivity index (χ3n) is 3.39. The van der Waals surface area contributed by atoms with Gasteiger partial charge in [-0.25, -0.2) is 9.78 Å². The van der Waals surface area contributed by atoms with Gasteiger partial charge in [-0.3, -0.25) is 4.79 Å². The van der Waals surface area contributed by atoms with E-state index < -0.39 is 0 Å². The van der Waals surface area contributed by atoms with Gasteiger partial charge in [-0.1, -0.05) is 6.07 Å². The minimum Gasteiger partial charge on any atom is -0.340 e. The van der Waals surface area contributed by atoms with Crippen molar-refractivity contribution in [2.24, 2.45) is 0 Å². The Kier molecular flexibility index (Phi) is 4.60. The van der Waals surface area contributed by atoms with E-state index in [0.717, 1.165) is 18.5 Å². The minimum atomic E-state index is -0.206. The standard InChI is InChI=1S/C17H19N5O2/c1-11(23)19-13-3-2-4-14(9-13)20-16-8-7-15(10-18-16)22-17(24)21-12-5-6-12/h2-4,7-10,12H,5-6H2,1H3,(H,18,20)(H,19,23)(H2,21,22,24). The second kappa shape index (κ2) is 6.99. The summed E-state index contributed by atoms with van der Waals surface area (Å²) in [5.74, 6) is 0.522. The number of nitrogens with one attached hydrogen (secondary N) is 4. The molecule has 3 rings (SSSR count). The molecule has 0 spiro atoms. The molecule has 1 aliphatic carbocycles. The van der Waals surface area contributed by atoms with E-state index in [0.29, 0.717) is 23.2 Å². The Hall–Kier alpha value is -3.09. The molecule has 1 aliphatic rings. The number of pyridine rings is 1. The molecule has 1 aromatic heterocycles. The number of aromatic nitrogens is 1. The molecule has 0 unspecified atom stereocenters. The maximum absolute atomic E-state index is 11.7. The molecule has 1 saturated carbocycles. The topological polar surface area (TPSA) is 95.2 Å². The average molecular weight is 325 g/mol. The molecular formula is C17H19N5O2. The van der Waals surface area contributed by atoms with E-state index in [1.165, 1.54) is 6.92 Å². The normalized spacial score (nSPS) is 13.0. The highest BCUT2D eigenvalue weighted by molar-refractivity contribution is 5.90. The second-order valence-corrected chi connectivity index (χ2v) is 5.69. The molecule has 0 saturated heterocycles. The van der Waals surface area contributed by atoms with Crippen LogP contribution in [0.25, 0.3) is 0 Å². The van der Waals surface area contributed by atoms with Crippen LogP contribution in [0.2, 0.25) is 0 Å². The van der Waals surface area contributed by atoms with Crippen LogP contribution in [0.5, 0.6) is 0 Å². The summed E-state index contributed by atoms with van der Waals surface area (Å²) in [6.07, 6.45) is 3.69. The number of hydrogen-bond donors (Lipinski definition) is 4. The molecule has 1 fully saturated rings. The first-order chi connectivity index (χ1) is 11.6. The number of amides is 3. The van der Waals surface area contributed by atoms with Crippen molar-refractivity contribution in [1.82, 2.24) is 10.3 Å². The number of anilines is 4. The summed E-state index contributed by atoms with van der Waals surface area (Å²) in [5, 5.41) is 11.5. The molecule has 1 heterocycles. The molecule has 0 aliphatic heterocycles. The van der Waals surface area contributed by atoms with Crippen molar-refractivity contribution in [3.05, 3.63) is 42.6 Å². The molecule has 0 radical (unpaired) electrons. The Labute approximate surface area is 139 Å². The van der Waals surface area contributed by atoms with Crippen molar-refractivity contribution in [3.8, 4) is 0 Å². The van der Waals surface area contributed by atoms with Crippen LogP contribution in [0, 0.1) is 0 Å². The lowest BCUT2D eigenvalue weighted by Gasteiger charge is -2.10. The van der Waals surface area contributed by atoms with E-state index in [1.807, 2.05) is 24.3 Å². The Bertz CT molecular complexity index is 741. The molecular weight excluding hydrogens is 306 g/mol. The third kappa shape index (κ3) is 4.70. The molecule has 1 aromatic carbocycles. The third-order valence-corrected chi connectivity index (χ3v) is 3.39. The predicted molar refractivity (Wildman–Crippen MR) is 93.4 cm³/mol. The molecule has 4 N–H and O–H groups in total. The molecule has 7 nitrogen and oxygen atoms in total. The van der Waals surface area contributed by atoms with Crippen molar-refractivity contribution in [1.29, 1.82) is 0 Å². The van der Waals surface area contributed by atoms with E-state index in [-0.39, 0.29) is 11.9 Å². The van der Waals surface area contributed by atoms with E-state index in [4.69, 9.17) is 0 Å². The maximum atomic E-state index is 11.7. The second-order valence-electron chi connectivity index (χ2n) is 5.69. The highest BCUT2D eigenvalue weighted by Crippen LogP contribution is 2.21. The summed E-state index contributed by atoms with van der Waals surface area (Å²) in [6, 6.07) is 11.0. The lowest BCUT2D eigenvalue weighted by Crippen LogP contribution is -2.30. The molecule has 124 valence electrons. The Morgan fingerprint density at radius 2 is 1.83 bits per heavy atom. The number of urea groups is 1. The van der Waals surface area contributed by atoms with Gasteiger partial charge >= 0.3 is 6.03 Å². The first-order valence-electron chi connectivity index (χ1n) is 7.77. The number of nitrogens with zero attached hydrogens (tertiary/aromatic N) is 1. The number of rotatable bonds is 5. The number of carbonyl (C=O) groups is 2. The fraction of sp³-hybridized carbons (Fsp3) is 0.235. The van der Waals surface area contributed by atoms with Crippen LogP contribution in [0.15, 0.2) is 42.6 Å². The van der Waals surface area contributed by atoms with Gasteiger partial charge in [0, 0.05) is 24.3 Å². The summed E-state index contributed by atoms with van der Waals surface area (Å²) in [5.41, 5.74) is 2.15. The van der Waals surface area contributed by atoms with Crippen LogP contribution < -0.4 is 21.3 Å². The summed E-state index contributed by atoms with van der Waals surface area (Å²) in [4.78, 5) is 27.0. The molecule has 24 heavy (non-hydrogen) atoms. The van der Waals surface area contributed by atoms with Gasteiger partial charge in [0.1, 0.15) is 5.82 Å². The molecule has 3 amide bonds. The lowest BCUT2D eigenvalue weighted by atomic mass is 10.2. The summed E-state index contributed by atoms with van der Waals surface area (Å²) >= 11 is 0. The average Bonchev–Trinajstić information content (AvgIpc) is 3.33. The molecule has 7 heteroatoms. The molecule has 0 bridgehead atoms.